The van der Waals surface area contributed by atoms with Crippen LogP contribution in [-0.4, -0.2) is 37.5 Å². The van der Waals surface area contributed by atoms with E-state index in [4.69, 9.17) is 9.47 Å². The highest BCUT2D eigenvalue weighted by molar-refractivity contribution is 6.02. The Labute approximate surface area is 140 Å². The van der Waals surface area contributed by atoms with E-state index in [0.717, 1.165) is 5.56 Å². The number of hydrogen-bond acceptors (Lipinski definition) is 4. The summed E-state index contributed by atoms with van der Waals surface area (Å²) in [5.74, 6) is 0.719. The lowest BCUT2D eigenvalue weighted by molar-refractivity contribution is -0.116. The average Bonchev–Trinajstić information content (AvgIpc) is 2.91. The Morgan fingerprint density at radius 3 is 2.67 bits per heavy atom. The minimum absolute atomic E-state index is 0.0200. The molecule has 2 aromatic rings. The fourth-order valence-electron chi connectivity index (χ4n) is 2.72. The number of amides is 2. The summed E-state index contributed by atoms with van der Waals surface area (Å²) in [6, 6.07) is 12.5. The van der Waals surface area contributed by atoms with Crippen molar-refractivity contribution in [3.05, 3.63) is 53.6 Å². The first kappa shape index (κ1) is 15.9. The van der Waals surface area contributed by atoms with Crippen molar-refractivity contribution in [2.75, 3.05) is 26.1 Å². The number of carbonyl (C=O) groups is 2. The molecule has 124 valence electrons. The van der Waals surface area contributed by atoms with Crippen LogP contribution in [0.4, 0.5) is 5.69 Å². The lowest BCUT2D eigenvalue weighted by Crippen LogP contribution is -2.33. The molecular formula is C18H18N2O4. The molecule has 6 nitrogen and oxygen atoms in total. The van der Waals surface area contributed by atoms with Crippen molar-refractivity contribution in [1.82, 2.24) is 4.90 Å². The molecule has 0 atom stereocenters. The standard InChI is InChI=1S/C18H18N2O4/c1-23-13-7-8-16(24-2)15(9-13)19-17(21)11-20-10-12-5-3-4-6-14(12)18(20)22/h3-9H,10-11H2,1-2H3,(H,19,21). The van der Waals surface area contributed by atoms with Crippen LogP contribution in [0, 0.1) is 0 Å². The van der Waals surface area contributed by atoms with Crippen LogP contribution in [-0.2, 0) is 11.3 Å². The fourth-order valence-corrected chi connectivity index (χ4v) is 2.72. The molecule has 0 aliphatic carbocycles. The lowest BCUT2D eigenvalue weighted by Gasteiger charge is -2.16. The van der Waals surface area contributed by atoms with E-state index in [0.29, 0.717) is 29.3 Å². The molecule has 0 saturated heterocycles. The molecular weight excluding hydrogens is 308 g/mol. The van der Waals surface area contributed by atoms with E-state index < -0.39 is 0 Å². The lowest BCUT2D eigenvalue weighted by atomic mass is 10.1. The molecule has 2 aromatic carbocycles. The number of anilines is 1. The number of fused-ring (bicyclic) bond motifs is 1. The number of nitrogens with zero attached hydrogens (tertiary/aromatic N) is 1. The number of rotatable bonds is 5. The van der Waals surface area contributed by atoms with Crippen molar-refractivity contribution < 1.29 is 19.1 Å². The van der Waals surface area contributed by atoms with Crippen molar-refractivity contribution in [2.45, 2.75) is 6.54 Å². The van der Waals surface area contributed by atoms with Gasteiger partial charge in [-0.1, -0.05) is 18.2 Å². The van der Waals surface area contributed by atoms with Gasteiger partial charge in [-0.2, -0.15) is 0 Å². The van der Waals surface area contributed by atoms with Crippen molar-refractivity contribution in [3.8, 4) is 11.5 Å². The first-order chi connectivity index (χ1) is 11.6. The molecule has 0 bridgehead atoms. The molecule has 0 unspecified atom stereocenters. The first-order valence-corrected chi connectivity index (χ1v) is 7.51. The highest BCUT2D eigenvalue weighted by atomic mass is 16.5. The highest BCUT2D eigenvalue weighted by Gasteiger charge is 2.28. The largest absolute Gasteiger partial charge is 0.497 e. The predicted molar refractivity (Wildman–Crippen MR) is 89.4 cm³/mol. The zero-order valence-electron chi connectivity index (χ0n) is 13.5. The summed E-state index contributed by atoms with van der Waals surface area (Å²) in [7, 11) is 3.08. The van der Waals surface area contributed by atoms with Gasteiger partial charge in [0.15, 0.2) is 0 Å². The molecule has 0 fully saturated rings. The first-order valence-electron chi connectivity index (χ1n) is 7.51. The third-order valence-corrected chi connectivity index (χ3v) is 3.91. The number of hydrogen-bond donors (Lipinski definition) is 1. The fraction of sp³-hybridized carbons (Fsp3) is 0.222. The van der Waals surface area contributed by atoms with Crippen LogP contribution >= 0.6 is 0 Å². The summed E-state index contributed by atoms with van der Waals surface area (Å²) in [4.78, 5) is 26.2. The van der Waals surface area contributed by atoms with Crippen molar-refractivity contribution >= 4 is 17.5 Å². The number of ether oxygens (including phenoxy) is 2. The minimum Gasteiger partial charge on any atom is -0.497 e. The average molecular weight is 326 g/mol. The monoisotopic (exact) mass is 326 g/mol. The van der Waals surface area contributed by atoms with Gasteiger partial charge in [0.25, 0.3) is 5.91 Å². The molecule has 0 saturated carbocycles. The van der Waals surface area contributed by atoms with Gasteiger partial charge >= 0.3 is 0 Å². The Bertz CT molecular complexity index is 788. The molecule has 1 N–H and O–H groups in total. The third-order valence-electron chi connectivity index (χ3n) is 3.91. The Morgan fingerprint density at radius 2 is 1.96 bits per heavy atom. The van der Waals surface area contributed by atoms with Gasteiger partial charge in [0, 0.05) is 18.2 Å². The topological polar surface area (TPSA) is 67.9 Å². The number of carbonyl (C=O) groups excluding carboxylic acids is 2. The maximum Gasteiger partial charge on any atom is 0.254 e. The van der Waals surface area contributed by atoms with E-state index in [-0.39, 0.29) is 18.4 Å². The van der Waals surface area contributed by atoms with E-state index in [1.165, 1.54) is 12.0 Å². The van der Waals surface area contributed by atoms with Crippen LogP contribution in [0.2, 0.25) is 0 Å². The molecule has 6 heteroatoms. The van der Waals surface area contributed by atoms with E-state index in [1.807, 2.05) is 18.2 Å². The van der Waals surface area contributed by atoms with Gasteiger partial charge in [0.1, 0.15) is 18.0 Å². The summed E-state index contributed by atoms with van der Waals surface area (Å²) >= 11 is 0. The molecule has 0 radical (unpaired) electrons. The molecule has 3 rings (SSSR count). The van der Waals surface area contributed by atoms with Gasteiger partial charge < -0.3 is 19.7 Å². The van der Waals surface area contributed by atoms with Crippen molar-refractivity contribution in [1.29, 1.82) is 0 Å². The van der Waals surface area contributed by atoms with Crippen LogP contribution in [0.15, 0.2) is 42.5 Å². The normalized spacial score (nSPS) is 12.8. The van der Waals surface area contributed by atoms with Gasteiger partial charge in [-0.05, 0) is 23.8 Å². The Morgan fingerprint density at radius 1 is 1.17 bits per heavy atom. The van der Waals surface area contributed by atoms with Crippen molar-refractivity contribution in [3.63, 3.8) is 0 Å². The molecule has 0 spiro atoms. The molecule has 1 heterocycles. The maximum atomic E-state index is 12.3. The molecule has 1 aliphatic heterocycles. The SMILES string of the molecule is COc1ccc(OC)c(NC(=O)CN2Cc3ccccc3C2=O)c1. The van der Waals surface area contributed by atoms with Gasteiger partial charge in [-0.15, -0.1) is 0 Å². The zero-order valence-corrected chi connectivity index (χ0v) is 13.5. The van der Waals surface area contributed by atoms with Gasteiger partial charge in [-0.25, -0.2) is 0 Å². The van der Waals surface area contributed by atoms with Crippen molar-refractivity contribution in [2.24, 2.45) is 0 Å². The molecule has 2 amide bonds. The Kier molecular flexibility index (Phi) is 4.37. The van der Waals surface area contributed by atoms with Crippen LogP contribution < -0.4 is 14.8 Å². The number of methoxy groups -OCH3 is 2. The second-order valence-electron chi connectivity index (χ2n) is 5.43. The number of benzene rings is 2. The summed E-state index contributed by atoms with van der Waals surface area (Å²) < 4.78 is 10.4. The summed E-state index contributed by atoms with van der Waals surface area (Å²) in [5, 5.41) is 2.77. The maximum absolute atomic E-state index is 12.3. The Hall–Kier alpha value is -3.02. The second-order valence-corrected chi connectivity index (χ2v) is 5.43. The summed E-state index contributed by atoms with van der Waals surface area (Å²) in [5.41, 5.74) is 2.10. The van der Waals surface area contributed by atoms with Crippen LogP contribution in [0.25, 0.3) is 0 Å². The van der Waals surface area contributed by atoms with E-state index >= 15 is 0 Å². The summed E-state index contributed by atoms with van der Waals surface area (Å²) in [6.45, 7) is 0.422. The number of nitrogens with one attached hydrogen (secondary N) is 1. The van der Waals surface area contributed by atoms with E-state index in [2.05, 4.69) is 5.32 Å². The zero-order chi connectivity index (χ0) is 17.1. The predicted octanol–water partition coefficient (Wildman–Crippen LogP) is 2.30. The van der Waals surface area contributed by atoms with Gasteiger partial charge in [0.2, 0.25) is 5.91 Å². The third kappa shape index (κ3) is 3.03. The second kappa shape index (κ2) is 6.62. The molecule has 1 aliphatic rings. The minimum atomic E-state index is -0.289. The van der Waals surface area contributed by atoms with Gasteiger partial charge in [-0.3, -0.25) is 9.59 Å². The van der Waals surface area contributed by atoms with Crippen LogP contribution in [0.3, 0.4) is 0 Å². The molecule has 24 heavy (non-hydrogen) atoms. The van der Waals surface area contributed by atoms with Gasteiger partial charge in [0.05, 0.1) is 19.9 Å². The quantitative estimate of drug-likeness (QED) is 0.915. The Balaban J connectivity index is 1.70. The molecule has 0 aromatic heterocycles. The van der Waals surface area contributed by atoms with E-state index in [9.17, 15) is 9.59 Å². The van der Waals surface area contributed by atoms with E-state index in [1.54, 1.807) is 31.4 Å². The summed E-state index contributed by atoms with van der Waals surface area (Å²) in [6.07, 6.45) is 0. The van der Waals surface area contributed by atoms with Crippen LogP contribution in [0.1, 0.15) is 15.9 Å². The highest BCUT2D eigenvalue weighted by Crippen LogP contribution is 2.29. The van der Waals surface area contributed by atoms with Crippen LogP contribution in [0.5, 0.6) is 11.5 Å². The smallest absolute Gasteiger partial charge is 0.254 e.